The van der Waals surface area contributed by atoms with E-state index in [1.54, 1.807) is 0 Å². The molecular weight excluding hydrogens is 258 g/mol. The quantitative estimate of drug-likeness (QED) is 0.752. The molecule has 1 amide bonds. The van der Waals surface area contributed by atoms with Crippen molar-refractivity contribution < 1.29 is 19.4 Å². The summed E-state index contributed by atoms with van der Waals surface area (Å²) in [5.41, 5.74) is 1.83. The second kappa shape index (κ2) is 8.19. The van der Waals surface area contributed by atoms with Gasteiger partial charge in [0.05, 0.1) is 19.1 Å². The smallest absolute Gasteiger partial charge is 0.407 e. The number of unbranched alkanes of at least 4 members (excludes halogenated alkanes) is 1. The van der Waals surface area contributed by atoms with Crippen LogP contribution in [0.1, 0.15) is 43.4 Å². The zero-order valence-electron chi connectivity index (χ0n) is 11.9. The van der Waals surface area contributed by atoms with Gasteiger partial charge in [0.15, 0.2) is 0 Å². The molecule has 1 unspecified atom stereocenters. The maximum atomic E-state index is 11.6. The monoisotopic (exact) mass is 279 g/mol. The molecule has 1 aromatic carbocycles. The molecule has 110 valence electrons. The Morgan fingerprint density at radius 3 is 2.50 bits per heavy atom. The summed E-state index contributed by atoms with van der Waals surface area (Å²) in [7, 11) is 0. The second-order valence-electron chi connectivity index (χ2n) is 4.69. The molecule has 0 fully saturated rings. The lowest BCUT2D eigenvalue weighted by molar-refractivity contribution is -0.137. The van der Waals surface area contributed by atoms with E-state index in [9.17, 15) is 9.59 Å². The maximum Gasteiger partial charge on any atom is 0.407 e. The van der Waals surface area contributed by atoms with Crippen molar-refractivity contribution in [2.75, 3.05) is 6.61 Å². The summed E-state index contributed by atoms with van der Waals surface area (Å²) in [5, 5.41) is 11.5. The minimum absolute atomic E-state index is 0.175. The highest BCUT2D eigenvalue weighted by Gasteiger charge is 2.18. The molecule has 0 aliphatic heterocycles. The molecule has 0 aliphatic carbocycles. The largest absolute Gasteiger partial charge is 0.481 e. The normalized spacial score (nSPS) is 11.7. The van der Waals surface area contributed by atoms with Gasteiger partial charge in [0.2, 0.25) is 0 Å². The predicted molar refractivity (Wildman–Crippen MR) is 75.6 cm³/mol. The van der Waals surface area contributed by atoms with E-state index < -0.39 is 18.1 Å². The van der Waals surface area contributed by atoms with Crippen LogP contribution in [0.5, 0.6) is 0 Å². The van der Waals surface area contributed by atoms with E-state index in [1.807, 2.05) is 38.1 Å². The minimum Gasteiger partial charge on any atom is -0.481 e. The molecule has 0 aromatic heterocycles. The van der Waals surface area contributed by atoms with E-state index in [0.29, 0.717) is 6.61 Å². The van der Waals surface area contributed by atoms with Crippen molar-refractivity contribution in [2.45, 2.75) is 39.2 Å². The molecule has 1 aromatic rings. The number of carbonyl (C=O) groups excluding carboxylic acids is 1. The van der Waals surface area contributed by atoms with Crippen molar-refractivity contribution in [3.05, 3.63) is 35.4 Å². The number of hydrogen-bond donors (Lipinski definition) is 2. The topological polar surface area (TPSA) is 75.6 Å². The number of ether oxygens (including phenoxy) is 1. The number of rotatable bonds is 7. The van der Waals surface area contributed by atoms with E-state index in [4.69, 9.17) is 9.84 Å². The fourth-order valence-corrected chi connectivity index (χ4v) is 1.72. The number of nitrogens with one attached hydrogen (secondary N) is 1. The van der Waals surface area contributed by atoms with Gasteiger partial charge < -0.3 is 15.2 Å². The van der Waals surface area contributed by atoms with Crippen LogP contribution in [0.3, 0.4) is 0 Å². The number of benzene rings is 1. The standard InChI is InChI=1S/C15H21NO4/c1-3-4-9-20-15(19)16-13(10-14(17)18)12-7-5-11(2)6-8-12/h5-8,13H,3-4,9-10H2,1-2H3,(H,16,19)(H,17,18). The zero-order valence-corrected chi connectivity index (χ0v) is 11.9. The van der Waals surface area contributed by atoms with Gasteiger partial charge in [-0.05, 0) is 18.9 Å². The lowest BCUT2D eigenvalue weighted by Crippen LogP contribution is -2.31. The van der Waals surface area contributed by atoms with Crippen LogP contribution in [0, 0.1) is 6.92 Å². The number of carboxylic acids is 1. The SMILES string of the molecule is CCCCOC(=O)NC(CC(=O)O)c1ccc(C)cc1. The highest BCUT2D eigenvalue weighted by atomic mass is 16.5. The molecule has 0 aliphatic rings. The molecule has 1 atom stereocenters. The molecule has 0 spiro atoms. The van der Waals surface area contributed by atoms with Crippen LogP contribution in [-0.2, 0) is 9.53 Å². The molecule has 20 heavy (non-hydrogen) atoms. The fraction of sp³-hybridized carbons (Fsp3) is 0.467. The van der Waals surface area contributed by atoms with Gasteiger partial charge in [0.1, 0.15) is 0 Å². The number of amides is 1. The number of carboxylic acid groups (broad SMARTS) is 1. The van der Waals surface area contributed by atoms with Crippen LogP contribution in [-0.4, -0.2) is 23.8 Å². The van der Waals surface area contributed by atoms with Crippen molar-refractivity contribution >= 4 is 12.1 Å². The molecule has 0 bridgehead atoms. The molecule has 0 saturated carbocycles. The average Bonchev–Trinajstić information content (AvgIpc) is 2.38. The first kappa shape index (κ1) is 16.0. The first-order valence-corrected chi connectivity index (χ1v) is 6.74. The molecule has 5 heteroatoms. The Morgan fingerprint density at radius 2 is 1.95 bits per heavy atom. The van der Waals surface area contributed by atoms with E-state index >= 15 is 0 Å². The van der Waals surface area contributed by atoms with Crippen LogP contribution < -0.4 is 5.32 Å². The molecule has 5 nitrogen and oxygen atoms in total. The summed E-state index contributed by atoms with van der Waals surface area (Å²) in [6, 6.07) is 6.81. The summed E-state index contributed by atoms with van der Waals surface area (Å²) in [4.78, 5) is 22.5. The zero-order chi connectivity index (χ0) is 15.0. The van der Waals surface area contributed by atoms with Crippen molar-refractivity contribution in [1.82, 2.24) is 5.32 Å². The Balaban J connectivity index is 2.67. The van der Waals surface area contributed by atoms with Crippen LogP contribution in [0.25, 0.3) is 0 Å². The molecule has 0 saturated heterocycles. The Bertz CT molecular complexity index is 442. The Morgan fingerprint density at radius 1 is 1.30 bits per heavy atom. The van der Waals surface area contributed by atoms with Gasteiger partial charge in [-0.3, -0.25) is 4.79 Å². The number of hydrogen-bond acceptors (Lipinski definition) is 3. The molecule has 0 radical (unpaired) electrons. The van der Waals surface area contributed by atoms with E-state index in [-0.39, 0.29) is 6.42 Å². The highest BCUT2D eigenvalue weighted by molar-refractivity contribution is 5.71. The highest BCUT2D eigenvalue weighted by Crippen LogP contribution is 2.17. The van der Waals surface area contributed by atoms with Gasteiger partial charge in [-0.2, -0.15) is 0 Å². The van der Waals surface area contributed by atoms with Gasteiger partial charge in [-0.1, -0.05) is 43.2 Å². The number of carbonyl (C=O) groups is 2. The van der Waals surface area contributed by atoms with E-state index in [1.165, 1.54) is 0 Å². The first-order chi connectivity index (χ1) is 9.52. The number of aryl methyl sites for hydroxylation is 1. The van der Waals surface area contributed by atoms with Crippen molar-refractivity contribution in [2.24, 2.45) is 0 Å². The summed E-state index contributed by atoms with van der Waals surface area (Å²) >= 11 is 0. The minimum atomic E-state index is -0.968. The number of alkyl carbamates (subject to hydrolysis) is 1. The lowest BCUT2D eigenvalue weighted by atomic mass is 10.0. The number of aliphatic carboxylic acids is 1. The summed E-state index contributed by atoms with van der Waals surface area (Å²) in [5.74, 6) is -0.968. The second-order valence-corrected chi connectivity index (χ2v) is 4.69. The molecule has 1 rings (SSSR count). The Kier molecular flexibility index (Phi) is 6.56. The van der Waals surface area contributed by atoms with Gasteiger partial charge in [-0.25, -0.2) is 4.79 Å². The van der Waals surface area contributed by atoms with Gasteiger partial charge in [0, 0.05) is 0 Å². The van der Waals surface area contributed by atoms with Crippen LogP contribution >= 0.6 is 0 Å². The summed E-state index contributed by atoms with van der Waals surface area (Å²) < 4.78 is 5.00. The van der Waals surface area contributed by atoms with Crippen LogP contribution in [0.15, 0.2) is 24.3 Å². The molecule has 2 N–H and O–H groups in total. The average molecular weight is 279 g/mol. The van der Waals surface area contributed by atoms with Gasteiger partial charge in [0.25, 0.3) is 0 Å². The van der Waals surface area contributed by atoms with Gasteiger partial charge in [-0.15, -0.1) is 0 Å². The molecular formula is C15H21NO4. The Labute approximate surface area is 118 Å². The van der Waals surface area contributed by atoms with Gasteiger partial charge >= 0.3 is 12.1 Å². The fourth-order valence-electron chi connectivity index (χ4n) is 1.72. The molecule has 0 heterocycles. The summed E-state index contributed by atoms with van der Waals surface area (Å²) in [6.07, 6.45) is 0.974. The lowest BCUT2D eigenvalue weighted by Gasteiger charge is -2.17. The van der Waals surface area contributed by atoms with E-state index in [2.05, 4.69) is 5.32 Å². The third-order valence-corrected chi connectivity index (χ3v) is 2.88. The van der Waals surface area contributed by atoms with Crippen LogP contribution in [0.4, 0.5) is 4.79 Å². The predicted octanol–water partition coefficient (Wildman–Crippen LogP) is 3.04. The third-order valence-electron chi connectivity index (χ3n) is 2.88. The van der Waals surface area contributed by atoms with Crippen molar-refractivity contribution in [3.63, 3.8) is 0 Å². The Hall–Kier alpha value is -2.04. The van der Waals surface area contributed by atoms with E-state index in [0.717, 1.165) is 24.0 Å². The first-order valence-electron chi connectivity index (χ1n) is 6.74. The van der Waals surface area contributed by atoms with Crippen LogP contribution in [0.2, 0.25) is 0 Å². The third kappa shape index (κ3) is 5.73. The van der Waals surface area contributed by atoms with Crippen molar-refractivity contribution in [1.29, 1.82) is 0 Å². The van der Waals surface area contributed by atoms with Crippen molar-refractivity contribution in [3.8, 4) is 0 Å². The summed E-state index contributed by atoms with van der Waals surface area (Å²) in [6.45, 7) is 4.29. The maximum absolute atomic E-state index is 11.6.